The fourth-order valence-electron chi connectivity index (χ4n) is 2.65. The van der Waals surface area contributed by atoms with Crippen LogP contribution in [0.3, 0.4) is 0 Å². The van der Waals surface area contributed by atoms with Crippen molar-refractivity contribution in [2.75, 3.05) is 11.4 Å². The zero-order valence-electron chi connectivity index (χ0n) is 10.5. The van der Waals surface area contributed by atoms with Crippen LogP contribution in [0.1, 0.15) is 16.7 Å². The van der Waals surface area contributed by atoms with Crippen molar-refractivity contribution in [2.45, 2.75) is 13.0 Å². The first-order valence-corrected chi connectivity index (χ1v) is 6.41. The molecule has 1 heteroatoms. The van der Waals surface area contributed by atoms with E-state index in [1.165, 1.54) is 22.4 Å². The summed E-state index contributed by atoms with van der Waals surface area (Å²) in [5.74, 6) is 0. The summed E-state index contributed by atoms with van der Waals surface area (Å²) in [5.41, 5.74) is 5.44. The second-order valence-electron chi connectivity index (χ2n) is 4.70. The molecule has 1 aliphatic heterocycles. The second-order valence-corrected chi connectivity index (χ2v) is 4.70. The highest BCUT2D eigenvalue weighted by atomic mass is 15.1. The highest BCUT2D eigenvalue weighted by Gasteiger charge is 2.18. The van der Waals surface area contributed by atoms with E-state index in [0.717, 1.165) is 19.5 Å². The molecule has 2 aromatic rings. The van der Waals surface area contributed by atoms with Crippen molar-refractivity contribution in [3.05, 3.63) is 71.8 Å². The third-order valence-electron chi connectivity index (χ3n) is 3.62. The topological polar surface area (TPSA) is 3.24 Å². The first-order chi connectivity index (χ1) is 8.88. The molecule has 90 valence electrons. The summed E-state index contributed by atoms with van der Waals surface area (Å²) in [6.07, 6.45) is 3.10. The van der Waals surface area contributed by atoms with Gasteiger partial charge in [0.2, 0.25) is 0 Å². The highest BCUT2D eigenvalue weighted by molar-refractivity contribution is 5.60. The van der Waals surface area contributed by atoms with Crippen molar-refractivity contribution in [2.24, 2.45) is 0 Å². The van der Waals surface area contributed by atoms with Gasteiger partial charge in [-0.1, -0.05) is 55.1 Å². The van der Waals surface area contributed by atoms with Gasteiger partial charge in [-0.3, -0.25) is 0 Å². The van der Waals surface area contributed by atoms with Crippen LogP contribution in [-0.2, 0) is 13.0 Å². The van der Waals surface area contributed by atoms with Crippen LogP contribution in [-0.4, -0.2) is 6.54 Å². The molecule has 0 radical (unpaired) electrons. The molecular formula is C17H17N. The van der Waals surface area contributed by atoms with Crippen molar-refractivity contribution in [1.29, 1.82) is 0 Å². The van der Waals surface area contributed by atoms with E-state index in [0.29, 0.717) is 0 Å². The number of rotatable bonds is 3. The van der Waals surface area contributed by atoms with Gasteiger partial charge >= 0.3 is 0 Å². The Labute approximate surface area is 108 Å². The van der Waals surface area contributed by atoms with Crippen LogP contribution >= 0.6 is 0 Å². The van der Waals surface area contributed by atoms with E-state index in [4.69, 9.17) is 0 Å². The number of nitrogens with zero attached hydrogens (tertiary/aromatic N) is 1. The number of hydrogen-bond acceptors (Lipinski definition) is 1. The van der Waals surface area contributed by atoms with Crippen LogP contribution in [0.2, 0.25) is 0 Å². The average molecular weight is 235 g/mol. The number of fused-ring (bicyclic) bond motifs is 1. The summed E-state index contributed by atoms with van der Waals surface area (Å²) in [6, 6.07) is 17.2. The smallest absolute Gasteiger partial charge is 0.0435 e. The summed E-state index contributed by atoms with van der Waals surface area (Å²) < 4.78 is 0. The Kier molecular flexibility index (Phi) is 2.89. The molecule has 2 aromatic carbocycles. The number of benzene rings is 2. The number of hydrogen-bond donors (Lipinski definition) is 0. The van der Waals surface area contributed by atoms with E-state index in [2.05, 4.69) is 60.0 Å². The lowest BCUT2D eigenvalue weighted by atomic mass is 10.1. The third kappa shape index (κ3) is 1.92. The van der Waals surface area contributed by atoms with Gasteiger partial charge in [0.25, 0.3) is 0 Å². The standard InChI is InChI=1S/C17H17N/c1-2-14-7-3-4-9-16(14)13-18-12-11-15-8-5-6-10-17(15)18/h2-10H,1,11-13H2. The van der Waals surface area contributed by atoms with Crippen LogP contribution in [0.4, 0.5) is 5.69 Å². The molecule has 1 nitrogen and oxygen atoms in total. The Morgan fingerprint density at radius 3 is 2.72 bits per heavy atom. The molecular weight excluding hydrogens is 218 g/mol. The molecule has 0 aliphatic carbocycles. The van der Waals surface area contributed by atoms with Crippen LogP contribution in [0.15, 0.2) is 55.1 Å². The fourth-order valence-corrected chi connectivity index (χ4v) is 2.65. The zero-order chi connectivity index (χ0) is 12.4. The number of anilines is 1. The maximum absolute atomic E-state index is 3.89. The Hall–Kier alpha value is -2.02. The minimum Gasteiger partial charge on any atom is -0.367 e. The van der Waals surface area contributed by atoms with Gasteiger partial charge in [-0.15, -0.1) is 0 Å². The second kappa shape index (κ2) is 4.69. The van der Waals surface area contributed by atoms with Crippen molar-refractivity contribution in [1.82, 2.24) is 0 Å². The van der Waals surface area contributed by atoms with Gasteiger partial charge in [0.1, 0.15) is 0 Å². The predicted octanol–water partition coefficient (Wildman–Crippen LogP) is 3.89. The normalized spacial score (nSPS) is 13.4. The van der Waals surface area contributed by atoms with Crippen molar-refractivity contribution in [3.63, 3.8) is 0 Å². The summed E-state index contributed by atoms with van der Waals surface area (Å²) >= 11 is 0. The first kappa shape index (κ1) is 11.1. The first-order valence-electron chi connectivity index (χ1n) is 6.41. The molecule has 0 bridgehead atoms. The Balaban J connectivity index is 1.88. The maximum atomic E-state index is 3.89. The van der Waals surface area contributed by atoms with Crippen molar-refractivity contribution in [3.8, 4) is 0 Å². The summed E-state index contributed by atoms with van der Waals surface area (Å²) in [4.78, 5) is 2.46. The van der Waals surface area contributed by atoms with Crippen molar-refractivity contribution < 1.29 is 0 Å². The Morgan fingerprint density at radius 1 is 1.06 bits per heavy atom. The van der Waals surface area contributed by atoms with Gasteiger partial charge in [0.05, 0.1) is 0 Å². The van der Waals surface area contributed by atoms with E-state index >= 15 is 0 Å². The maximum Gasteiger partial charge on any atom is 0.0435 e. The monoisotopic (exact) mass is 235 g/mol. The Morgan fingerprint density at radius 2 is 1.83 bits per heavy atom. The molecule has 0 saturated carbocycles. The van der Waals surface area contributed by atoms with Gasteiger partial charge in [-0.2, -0.15) is 0 Å². The van der Waals surface area contributed by atoms with Crippen LogP contribution in [0.5, 0.6) is 0 Å². The van der Waals surface area contributed by atoms with E-state index in [1.807, 2.05) is 6.08 Å². The molecule has 0 unspecified atom stereocenters. The van der Waals surface area contributed by atoms with Crippen LogP contribution < -0.4 is 4.90 Å². The van der Waals surface area contributed by atoms with Gasteiger partial charge < -0.3 is 4.90 Å². The molecule has 0 fully saturated rings. The van der Waals surface area contributed by atoms with Gasteiger partial charge in [0.15, 0.2) is 0 Å². The van der Waals surface area contributed by atoms with Gasteiger partial charge in [0, 0.05) is 18.8 Å². The lowest BCUT2D eigenvalue weighted by Gasteiger charge is -2.20. The van der Waals surface area contributed by atoms with Crippen LogP contribution in [0.25, 0.3) is 6.08 Å². The molecule has 0 aromatic heterocycles. The molecule has 0 amide bonds. The molecule has 18 heavy (non-hydrogen) atoms. The Bertz CT molecular complexity index is 571. The minimum absolute atomic E-state index is 0.971. The average Bonchev–Trinajstić information content (AvgIpc) is 2.83. The number of para-hydroxylation sites is 1. The molecule has 3 rings (SSSR count). The summed E-state index contributed by atoms with van der Waals surface area (Å²) in [6.45, 7) is 5.98. The molecule has 1 aliphatic rings. The van der Waals surface area contributed by atoms with E-state index in [-0.39, 0.29) is 0 Å². The highest BCUT2D eigenvalue weighted by Crippen LogP contribution is 2.29. The van der Waals surface area contributed by atoms with E-state index in [1.54, 1.807) is 0 Å². The molecule has 0 atom stereocenters. The lowest BCUT2D eigenvalue weighted by Crippen LogP contribution is -2.20. The fraction of sp³-hybridized carbons (Fsp3) is 0.176. The molecule has 0 saturated heterocycles. The SMILES string of the molecule is C=Cc1ccccc1CN1CCc2ccccc21. The molecule has 0 N–H and O–H groups in total. The predicted molar refractivity (Wildman–Crippen MR) is 77.7 cm³/mol. The summed E-state index contributed by atoms with van der Waals surface area (Å²) in [7, 11) is 0. The quantitative estimate of drug-likeness (QED) is 0.780. The van der Waals surface area contributed by atoms with E-state index in [9.17, 15) is 0 Å². The van der Waals surface area contributed by atoms with Gasteiger partial charge in [-0.05, 0) is 29.2 Å². The van der Waals surface area contributed by atoms with E-state index < -0.39 is 0 Å². The largest absolute Gasteiger partial charge is 0.367 e. The van der Waals surface area contributed by atoms with Gasteiger partial charge in [-0.25, -0.2) is 0 Å². The lowest BCUT2D eigenvalue weighted by molar-refractivity contribution is 0.835. The molecule has 0 spiro atoms. The molecule has 1 heterocycles. The summed E-state index contributed by atoms with van der Waals surface area (Å²) in [5, 5.41) is 0. The third-order valence-corrected chi connectivity index (χ3v) is 3.62. The minimum atomic E-state index is 0.971. The van der Waals surface area contributed by atoms with Crippen molar-refractivity contribution >= 4 is 11.8 Å². The van der Waals surface area contributed by atoms with Crippen LogP contribution in [0, 0.1) is 0 Å². The zero-order valence-corrected chi connectivity index (χ0v) is 10.5.